The number of methoxy groups -OCH3 is 2. The summed E-state index contributed by atoms with van der Waals surface area (Å²) in [4.78, 5) is 13.6. The van der Waals surface area contributed by atoms with Gasteiger partial charge in [-0.3, -0.25) is 4.79 Å². The van der Waals surface area contributed by atoms with Crippen molar-refractivity contribution in [3.63, 3.8) is 0 Å². The first-order chi connectivity index (χ1) is 16.1. The number of rotatable bonds is 8. The number of aliphatic hydroxyl groups is 2. The van der Waals surface area contributed by atoms with Crippen molar-refractivity contribution in [2.24, 2.45) is 5.92 Å². The molecular formula is C27H34O7. The molecule has 3 rings (SSSR count). The van der Waals surface area contributed by atoms with Gasteiger partial charge in [-0.25, -0.2) is 0 Å². The van der Waals surface area contributed by atoms with Gasteiger partial charge in [0.25, 0.3) is 0 Å². The Labute approximate surface area is 200 Å². The van der Waals surface area contributed by atoms with Gasteiger partial charge in [0.05, 0.1) is 0 Å². The Morgan fingerprint density at radius 1 is 1.12 bits per heavy atom. The zero-order valence-corrected chi connectivity index (χ0v) is 20.4. The van der Waals surface area contributed by atoms with Crippen LogP contribution in [0.4, 0.5) is 0 Å². The monoisotopic (exact) mass is 470 g/mol. The minimum Gasteiger partial charge on any atom is -0.508 e. The van der Waals surface area contributed by atoms with Crippen molar-refractivity contribution in [2.75, 3.05) is 14.2 Å². The zero-order chi connectivity index (χ0) is 25.0. The van der Waals surface area contributed by atoms with Crippen molar-refractivity contribution in [3.8, 4) is 5.75 Å². The third-order valence-corrected chi connectivity index (χ3v) is 6.33. The van der Waals surface area contributed by atoms with Crippen molar-refractivity contribution < 1.29 is 34.3 Å². The Hall–Kier alpha value is -2.87. The third kappa shape index (κ3) is 5.12. The number of benzene rings is 1. The molecule has 7 nitrogen and oxygen atoms in total. The summed E-state index contributed by atoms with van der Waals surface area (Å²) in [6.45, 7) is 6.09. The Balaban J connectivity index is 1.95. The highest BCUT2D eigenvalue weighted by Crippen LogP contribution is 2.47. The average molecular weight is 471 g/mol. The summed E-state index contributed by atoms with van der Waals surface area (Å²) in [5, 5.41) is 31.9. The summed E-state index contributed by atoms with van der Waals surface area (Å²) in [5.41, 5.74) is 3.16. The van der Waals surface area contributed by atoms with E-state index in [-0.39, 0.29) is 29.3 Å². The van der Waals surface area contributed by atoms with Gasteiger partial charge in [0.2, 0.25) is 5.79 Å². The topological polar surface area (TPSA) is 105 Å². The lowest BCUT2D eigenvalue weighted by atomic mass is 9.76. The summed E-state index contributed by atoms with van der Waals surface area (Å²) < 4.78 is 17.0. The second-order valence-electron chi connectivity index (χ2n) is 9.01. The van der Waals surface area contributed by atoms with Crippen LogP contribution in [-0.2, 0) is 19.0 Å². The van der Waals surface area contributed by atoms with Gasteiger partial charge in [-0.2, -0.15) is 0 Å². The summed E-state index contributed by atoms with van der Waals surface area (Å²) in [5.74, 6) is -3.71. The van der Waals surface area contributed by atoms with Crippen molar-refractivity contribution >= 4 is 5.78 Å². The van der Waals surface area contributed by atoms with Crippen LogP contribution in [0.2, 0.25) is 0 Å². The standard InChI is InChI=1S/C27H34O7/c1-16(2)7-6-8-17(3)9-14-20-21(29)15-22-23(27(20,31)33-5)24(30)26(32-4)25(34-22)18-10-12-19(28)13-11-18/h7,9-13,15,23,25-26,28-29,31H,6,8,14H2,1-5H3/b17-9+. The van der Waals surface area contributed by atoms with Gasteiger partial charge in [-0.05, 0) is 57.7 Å². The van der Waals surface area contributed by atoms with Crippen LogP contribution in [0.3, 0.4) is 0 Å². The van der Waals surface area contributed by atoms with Crippen LogP contribution < -0.4 is 0 Å². The van der Waals surface area contributed by atoms with E-state index in [0.717, 1.165) is 18.4 Å². The number of ketones is 1. The minimum atomic E-state index is -2.08. The van der Waals surface area contributed by atoms with Gasteiger partial charge >= 0.3 is 0 Å². The number of fused-ring (bicyclic) bond motifs is 1. The number of phenolic OH excluding ortho intramolecular Hbond substituents is 1. The van der Waals surface area contributed by atoms with E-state index in [9.17, 15) is 20.1 Å². The van der Waals surface area contributed by atoms with E-state index in [1.54, 1.807) is 12.1 Å². The van der Waals surface area contributed by atoms with Gasteiger partial charge < -0.3 is 29.5 Å². The first-order valence-corrected chi connectivity index (χ1v) is 11.3. The first-order valence-electron chi connectivity index (χ1n) is 11.3. The Morgan fingerprint density at radius 2 is 1.79 bits per heavy atom. The molecule has 0 saturated carbocycles. The Morgan fingerprint density at radius 3 is 2.38 bits per heavy atom. The molecule has 0 bridgehead atoms. The molecule has 4 atom stereocenters. The summed E-state index contributed by atoms with van der Waals surface area (Å²) >= 11 is 0. The molecule has 4 unspecified atom stereocenters. The Bertz CT molecular complexity index is 1030. The molecule has 3 N–H and O–H groups in total. The van der Waals surface area contributed by atoms with E-state index in [1.165, 1.54) is 38.0 Å². The quantitative estimate of drug-likeness (QED) is 0.370. The molecule has 0 amide bonds. The number of hydrogen-bond acceptors (Lipinski definition) is 7. The fourth-order valence-electron chi connectivity index (χ4n) is 4.42. The molecule has 34 heavy (non-hydrogen) atoms. The van der Waals surface area contributed by atoms with Gasteiger partial charge in [0.15, 0.2) is 18.0 Å². The molecule has 1 aliphatic carbocycles. The smallest absolute Gasteiger partial charge is 0.209 e. The number of aromatic hydroxyl groups is 1. The number of carbonyl (C=O) groups excluding carboxylic acids is 1. The second-order valence-corrected chi connectivity index (χ2v) is 9.01. The molecule has 1 heterocycles. The zero-order valence-electron chi connectivity index (χ0n) is 20.4. The molecule has 0 radical (unpaired) electrons. The van der Waals surface area contributed by atoms with Crippen molar-refractivity contribution in [3.05, 3.63) is 76.3 Å². The van der Waals surface area contributed by atoms with Crippen molar-refractivity contribution in [1.82, 2.24) is 0 Å². The van der Waals surface area contributed by atoms with E-state index in [4.69, 9.17) is 14.2 Å². The molecule has 0 aromatic heterocycles. The molecule has 184 valence electrons. The molecule has 1 fully saturated rings. The number of phenols is 1. The van der Waals surface area contributed by atoms with E-state index < -0.39 is 29.7 Å². The number of Topliss-reactive ketones (excluding diaryl/α,β-unsaturated/α-hetero) is 1. The Kier molecular flexibility index (Phi) is 8.02. The molecule has 0 spiro atoms. The van der Waals surface area contributed by atoms with Crippen LogP contribution in [-0.4, -0.2) is 47.2 Å². The largest absolute Gasteiger partial charge is 0.508 e. The number of carbonyl (C=O) groups is 1. The molecule has 2 aliphatic rings. The lowest BCUT2D eigenvalue weighted by Crippen LogP contribution is -2.56. The maximum absolute atomic E-state index is 13.6. The van der Waals surface area contributed by atoms with Crippen LogP contribution in [0.5, 0.6) is 5.75 Å². The van der Waals surface area contributed by atoms with Crippen LogP contribution in [0.1, 0.15) is 51.7 Å². The molecule has 7 heteroatoms. The number of allylic oxidation sites excluding steroid dienone is 5. The van der Waals surface area contributed by atoms with Crippen LogP contribution in [0.25, 0.3) is 0 Å². The molecule has 1 aromatic rings. The van der Waals surface area contributed by atoms with Gasteiger partial charge in [-0.15, -0.1) is 0 Å². The third-order valence-electron chi connectivity index (χ3n) is 6.33. The average Bonchev–Trinajstić information content (AvgIpc) is 2.78. The highest BCUT2D eigenvalue weighted by molar-refractivity contribution is 5.91. The van der Waals surface area contributed by atoms with Crippen molar-refractivity contribution in [1.29, 1.82) is 0 Å². The van der Waals surface area contributed by atoms with Crippen LogP contribution in [0.15, 0.2) is 70.7 Å². The van der Waals surface area contributed by atoms with E-state index >= 15 is 0 Å². The minimum absolute atomic E-state index is 0.0813. The number of hydrogen-bond donors (Lipinski definition) is 3. The lowest BCUT2D eigenvalue weighted by Gasteiger charge is -2.45. The second kappa shape index (κ2) is 10.6. The highest BCUT2D eigenvalue weighted by Gasteiger charge is 2.57. The van der Waals surface area contributed by atoms with Gasteiger partial charge in [0.1, 0.15) is 23.2 Å². The molecule has 1 aromatic carbocycles. The lowest BCUT2D eigenvalue weighted by molar-refractivity contribution is -0.216. The predicted molar refractivity (Wildman–Crippen MR) is 128 cm³/mol. The summed E-state index contributed by atoms with van der Waals surface area (Å²) in [7, 11) is 2.69. The van der Waals surface area contributed by atoms with E-state index in [1.807, 2.05) is 13.0 Å². The molecule has 1 saturated heterocycles. The number of aliphatic hydroxyl groups excluding tert-OH is 1. The van der Waals surface area contributed by atoms with Gasteiger partial charge in [-0.1, -0.05) is 35.4 Å². The fourth-order valence-corrected chi connectivity index (χ4v) is 4.42. The first kappa shape index (κ1) is 25.7. The summed E-state index contributed by atoms with van der Waals surface area (Å²) in [6, 6.07) is 6.25. The fraction of sp³-hybridized carbons (Fsp3) is 0.444. The van der Waals surface area contributed by atoms with E-state index in [2.05, 4.69) is 19.9 Å². The predicted octanol–water partition coefficient (Wildman–Crippen LogP) is 4.79. The van der Waals surface area contributed by atoms with E-state index in [0.29, 0.717) is 5.56 Å². The molecule has 1 aliphatic heterocycles. The van der Waals surface area contributed by atoms with Gasteiger partial charge in [0, 0.05) is 25.9 Å². The molecular weight excluding hydrogens is 436 g/mol. The normalized spacial score (nSPS) is 27.1. The maximum atomic E-state index is 13.6. The SMILES string of the molecule is COC1C(=O)C2C(=CC(O)=C(C/C=C(\C)CCC=C(C)C)C2(O)OC)OC1c1ccc(O)cc1. The van der Waals surface area contributed by atoms with Crippen molar-refractivity contribution in [2.45, 2.75) is 58.0 Å². The number of ether oxygens (including phenoxy) is 3. The highest BCUT2D eigenvalue weighted by atomic mass is 16.6. The van der Waals surface area contributed by atoms with Crippen LogP contribution >= 0.6 is 0 Å². The summed E-state index contributed by atoms with van der Waals surface area (Å²) in [6.07, 6.45) is 5.58. The van der Waals surface area contributed by atoms with Crippen LogP contribution in [0, 0.1) is 5.92 Å². The maximum Gasteiger partial charge on any atom is 0.209 e.